The molecule has 1 heterocycles. The Morgan fingerprint density at radius 3 is 1.70 bits per heavy atom. The average Bonchev–Trinajstić information content (AvgIpc) is 3.53. The maximum absolute atomic E-state index is 6.59. The van der Waals surface area contributed by atoms with Gasteiger partial charge in [0, 0.05) is 28.2 Å². The second-order valence-electron chi connectivity index (χ2n) is 16.5. The molecule has 10 aromatic rings. The van der Waals surface area contributed by atoms with E-state index < -0.39 is 0 Å². The smallest absolute Gasteiger partial charge is 0.152 e. The zero-order chi connectivity index (χ0) is 40.0. The van der Waals surface area contributed by atoms with Gasteiger partial charge in [-0.25, -0.2) is 0 Å². The van der Waals surface area contributed by atoms with E-state index in [-0.39, 0.29) is 5.41 Å². The predicted molar refractivity (Wildman–Crippen MR) is 251 cm³/mol. The molecule has 0 fully saturated rings. The highest BCUT2D eigenvalue weighted by molar-refractivity contribution is 6.25. The largest absolute Gasteiger partial charge is 0.453 e. The third kappa shape index (κ3) is 5.22. The first-order valence-corrected chi connectivity index (χ1v) is 20.8. The number of hydrogen-bond donors (Lipinski definition) is 0. The molecule has 284 valence electrons. The Morgan fingerprint density at radius 1 is 0.383 bits per heavy atom. The first-order valence-electron chi connectivity index (χ1n) is 20.8. The van der Waals surface area contributed by atoms with Crippen LogP contribution in [-0.4, -0.2) is 0 Å². The van der Waals surface area contributed by atoms with Crippen LogP contribution in [0.25, 0.3) is 54.6 Å². The molecule has 0 bridgehead atoms. The fourth-order valence-corrected chi connectivity index (χ4v) is 9.91. The van der Waals surface area contributed by atoms with Gasteiger partial charge in [0.05, 0.1) is 11.4 Å². The summed E-state index contributed by atoms with van der Waals surface area (Å²) in [5.74, 6) is 1.67. The highest BCUT2D eigenvalue weighted by Gasteiger charge is 2.36. The predicted octanol–water partition coefficient (Wildman–Crippen LogP) is 16.2. The minimum absolute atomic E-state index is 0.124. The zero-order valence-electron chi connectivity index (χ0n) is 33.4. The number of rotatable bonds is 5. The lowest BCUT2D eigenvalue weighted by Gasteiger charge is -2.33. The molecule has 1 aliphatic heterocycles. The van der Waals surface area contributed by atoms with E-state index in [1.807, 2.05) is 12.1 Å². The summed E-state index contributed by atoms with van der Waals surface area (Å²) < 4.78 is 6.59. The second-order valence-corrected chi connectivity index (χ2v) is 16.5. The van der Waals surface area contributed by atoms with Gasteiger partial charge >= 0.3 is 0 Å². The molecular weight excluding hydrogens is 729 g/mol. The van der Waals surface area contributed by atoms with E-state index in [1.165, 1.54) is 54.6 Å². The molecule has 0 unspecified atom stereocenters. The van der Waals surface area contributed by atoms with Crippen molar-refractivity contribution >= 4 is 66.4 Å². The summed E-state index contributed by atoms with van der Waals surface area (Å²) in [6, 6.07) is 74.9. The quantitative estimate of drug-likeness (QED) is 0.162. The fourth-order valence-electron chi connectivity index (χ4n) is 9.91. The Hall–Kier alpha value is -7.62. The van der Waals surface area contributed by atoms with Gasteiger partial charge in [0.15, 0.2) is 11.5 Å². The fraction of sp³-hybridized carbons (Fsp3) is 0.0526. The molecule has 0 aromatic heterocycles. The lowest BCUT2D eigenvalue weighted by molar-refractivity contribution is 0.477. The number of nitrogens with zero attached hydrogens (tertiary/aromatic N) is 2. The number of anilines is 6. The van der Waals surface area contributed by atoms with Crippen LogP contribution in [0.3, 0.4) is 0 Å². The van der Waals surface area contributed by atoms with Crippen molar-refractivity contribution in [3.63, 3.8) is 0 Å². The third-order valence-electron chi connectivity index (χ3n) is 12.8. The molecule has 0 amide bonds. The van der Waals surface area contributed by atoms with E-state index >= 15 is 0 Å². The van der Waals surface area contributed by atoms with Crippen molar-refractivity contribution in [3.8, 4) is 33.8 Å². The summed E-state index contributed by atoms with van der Waals surface area (Å²) in [6.45, 7) is 4.71. The van der Waals surface area contributed by atoms with Crippen molar-refractivity contribution in [1.29, 1.82) is 0 Å². The van der Waals surface area contributed by atoms with Gasteiger partial charge in [0.25, 0.3) is 0 Å². The van der Waals surface area contributed by atoms with Gasteiger partial charge in [-0.15, -0.1) is 0 Å². The van der Waals surface area contributed by atoms with Crippen molar-refractivity contribution in [3.05, 3.63) is 217 Å². The SMILES string of the molecule is CC1(C)c2ccccc2-c2ccc(N(c3ccc(-c4ccc5c(c4)Oc4ccccc4N5c4ccccc4)cc3)c3ccc4c5ccccc5c5ccccc5c4c3)cc21. The van der Waals surface area contributed by atoms with Crippen molar-refractivity contribution in [1.82, 2.24) is 0 Å². The number of ether oxygens (including phenoxy) is 1. The van der Waals surface area contributed by atoms with E-state index in [9.17, 15) is 0 Å². The molecule has 0 radical (unpaired) electrons. The van der Waals surface area contributed by atoms with Crippen LogP contribution in [0.1, 0.15) is 25.0 Å². The molecule has 60 heavy (non-hydrogen) atoms. The molecule has 3 nitrogen and oxygen atoms in total. The maximum Gasteiger partial charge on any atom is 0.152 e. The van der Waals surface area contributed by atoms with Gasteiger partial charge < -0.3 is 14.5 Å². The zero-order valence-corrected chi connectivity index (χ0v) is 33.4. The van der Waals surface area contributed by atoms with E-state index in [0.717, 1.165) is 56.8 Å². The van der Waals surface area contributed by atoms with Crippen LogP contribution >= 0.6 is 0 Å². The molecule has 0 atom stereocenters. The molecule has 0 saturated carbocycles. The van der Waals surface area contributed by atoms with E-state index in [1.54, 1.807) is 0 Å². The van der Waals surface area contributed by atoms with Crippen LogP contribution in [0.5, 0.6) is 11.5 Å². The summed E-state index contributed by atoms with van der Waals surface area (Å²) in [6.07, 6.45) is 0. The van der Waals surface area contributed by atoms with Crippen LogP contribution in [0.15, 0.2) is 206 Å². The van der Waals surface area contributed by atoms with Gasteiger partial charge in [-0.3, -0.25) is 0 Å². The first kappa shape index (κ1) is 34.4. The number of para-hydroxylation sites is 3. The van der Waals surface area contributed by atoms with Gasteiger partial charge in [-0.05, 0) is 138 Å². The van der Waals surface area contributed by atoms with Gasteiger partial charge in [-0.1, -0.05) is 147 Å². The Balaban J connectivity index is 0.994. The molecule has 12 rings (SSSR count). The molecule has 10 aromatic carbocycles. The monoisotopic (exact) mass is 768 g/mol. The number of hydrogen-bond acceptors (Lipinski definition) is 3. The minimum Gasteiger partial charge on any atom is -0.453 e. The summed E-state index contributed by atoms with van der Waals surface area (Å²) in [7, 11) is 0. The Morgan fingerprint density at radius 2 is 0.933 bits per heavy atom. The average molecular weight is 769 g/mol. The topological polar surface area (TPSA) is 15.7 Å². The van der Waals surface area contributed by atoms with Gasteiger partial charge in [-0.2, -0.15) is 0 Å². The van der Waals surface area contributed by atoms with Crippen molar-refractivity contribution < 1.29 is 4.74 Å². The standard InChI is InChI=1S/C57H40N2O/c1-57(2)51-21-11-10-20-48(51)49-32-30-42(36-52(49)57)58(41-29-31-47-45-18-7-6-16-43(45)44-17-8-9-19-46(44)50(47)35-41)40-27-24-37(25-28-40)38-26-33-54-56(34-38)60-55-23-13-12-22-53(55)59(54)39-14-4-3-5-15-39/h3-36H,1-2H3. The normalized spacial score (nSPS) is 13.4. The lowest BCUT2D eigenvalue weighted by Crippen LogP contribution is -2.16. The van der Waals surface area contributed by atoms with Crippen LogP contribution in [0.2, 0.25) is 0 Å². The second kappa shape index (κ2) is 13.2. The summed E-state index contributed by atoms with van der Waals surface area (Å²) in [4.78, 5) is 4.71. The molecular formula is C57H40N2O. The van der Waals surface area contributed by atoms with Crippen LogP contribution < -0.4 is 14.5 Å². The molecule has 2 aliphatic rings. The molecule has 1 aliphatic carbocycles. The van der Waals surface area contributed by atoms with Crippen molar-refractivity contribution in [2.45, 2.75) is 19.3 Å². The van der Waals surface area contributed by atoms with E-state index in [0.29, 0.717) is 0 Å². The summed E-state index contributed by atoms with van der Waals surface area (Å²) in [5.41, 5.74) is 13.9. The third-order valence-corrected chi connectivity index (χ3v) is 12.8. The van der Waals surface area contributed by atoms with Crippen molar-refractivity contribution in [2.75, 3.05) is 9.80 Å². The van der Waals surface area contributed by atoms with Gasteiger partial charge in [0.1, 0.15) is 0 Å². The first-order chi connectivity index (χ1) is 29.5. The maximum atomic E-state index is 6.59. The van der Waals surface area contributed by atoms with Crippen LogP contribution in [-0.2, 0) is 5.41 Å². The molecule has 0 spiro atoms. The minimum atomic E-state index is -0.124. The number of benzene rings is 10. The van der Waals surface area contributed by atoms with Crippen LogP contribution in [0, 0.1) is 0 Å². The number of fused-ring (bicyclic) bond motifs is 11. The van der Waals surface area contributed by atoms with Crippen molar-refractivity contribution in [2.24, 2.45) is 0 Å². The molecule has 0 N–H and O–H groups in total. The lowest BCUT2D eigenvalue weighted by atomic mass is 9.82. The van der Waals surface area contributed by atoms with E-state index in [4.69, 9.17) is 4.74 Å². The van der Waals surface area contributed by atoms with Gasteiger partial charge in [0.2, 0.25) is 0 Å². The van der Waals surface area contributed by atoms with E-state index in [2.05, 4.69) is 218 Å². The van der Waals surface area contributed by atoms with Crippen LogP contribution in [0.4, 0.5) is 34.1 Å². The Kier molecular flexibility index (Phi) is 7.58. The molecule has 0 saturated heterocycles. The summed E-state index contributed by atoms with van der Waals surface area (Å²) in [5, 5.41) is 7.60. The summed E-state index contributed by atoms with van der Waals surface area (Å²) >= 11 is 0. The molecule has 3 heteroatoms. The Bertz CT molecular complexity index is 3300. The Labute approximate surface area is 350 Å². The highest BCUT2D eigenvalue weighted by atomic mass is 16.5. The highest BCUT2D eigenvalue weighted by Crippen LogP contribution is 2.53.